The zero-order valence-electron chi connectivity index (χ0n) is 16.8. The summed E-state index contributed by atoms with van der Waals surface area (Å²) in [5, 5.41) is 0.534. The van der Waals surface area contributed by atoms with Gasteiger partial charge in [0.2, 0.25) is 0 Å². The van der Waals surface area contributed by atoms with E-state index in [1.165, 1.54) is 4.88 Å². The molecule has 0 bridgehead atoms. The van der Waals surface area contributed by atoms with Crippen molar-refractivity contribution in [2.24, 2.45) is 0 Å². The maximum atomic E-state index is 12.9. The van der Waals surface area contributed by atoms with Crippen molar-refractivity contribution in [3.8, 4) is 16.2 Å². The maximum Gasteiger partial charge on any atom is 0.197 e. The molecule has 2 heterocycles. The Morgan fingerprint density at radius 2 is 1.61 bits per heavy atom. The molecule has 0 spiro atoms. The number of aryl methyl sites for hydroxylation is 1. The lowest BCUT2D eigenvalue weighted by Gasteiger charge is -2.03. The molecule has 0 amide bonds. The number of fused-ring (bicyclic) bond motifs is 2. The third-order valence-electron chi connectivity index (χ3n) is 5.43. The minimum absolute atomic E-state index is 0.212. The van der Waals surface area contributed by atoms with Crippen molar-refractivity contribution in [3.05, 3.63) is 80.7 Å². The summed E-state index contributed by atoms with van der Waals surface area (Å²) in [6.07, 6.45) is 2.43. The Bertz CT molecular complexity index is 1360. The molecule has 0 aliphatic heterocycles. The molecule has 0 atom stereocenters. The molecule has 0 N–H and O–H groups in total. The molecular weight excluding hydrogens is 448 g/mol. The zero-order chi connectivity index (χ0) is 21.7. The lowest BCUT2D eigenvalue weighted by atomic mass is 10.0. The van der Waals surface area contributed by atoms with Gasteiger partial charge in [-0.3, -0.25) is 9.59 Å². The third kappa shape index (κ3) is 3.43. The molecule has 154 valence electrons. The van der Waals surface area contributed by atoms with Gasteiger partial charge in [-0.2, -0.15) is 0 Å². The highest BCUT2D eigenvalue weighted by Gasteiger charge is 2.34. The Hall–Kier alpha value is -2.73. The maximum absolute atomic E-state index is 12.9. The number of carbonyl (C=O) groups excluding carboxylic acids is 2. The van der Waals surface area contributed by atoms with Crippen molar-refractivity contribution >= 4 is 61.3 Å². The van der Waals surface area contributed by atoms with Crippen LogP contribution in [0.3, 0.4) is 0 Å². The van der Waals surface area contributed by atoms with Crippen LogP contribution in [0.1, 0.15) is 38.1 Å². The van der Waals surface area contributed by atoms with Crippen molar-refractivity contribution < 1.29 is 14.3 Å². The summed E-state index contributed by atoms with van der Waals surface area (Å²) in [4.78, 5) is 27.8. The Morgan fingerprint density at radius 1 is 0.935 bits per heavy atom. The first kappa shape index (κ1) is 20.2. The number of ether oxygens (including phenoxy) is 1. The van der Waals surface area contributed by atoms with E-state index in [4.69, 9.17) is 16.3 Å². The zero-order valence-corrected chi connectivity index (χ0v) is 19.2. The van der Waals surface area contributed by atoms with Gasteiger partial charge in [-0.25, -0.2) is 0 Å². The van der Waals surface area contributed by atoms with E-state index in [-0.39, 0.29) is 17.1 Å². The van der Waals surface area contributed by atoms with Gasteiger partial charge in [0.25, 0.3) is 0 Å². The fourth-order valence-corrected chi connectivity index (χ4v) is 6.41. The van der Waals surface area contributed by atoms with Gasteiger partial charge >= 0.3 is 0 Å². The lowest BCUT2D eigenvalue weighted by molar-refractivity contribution is 0.0990. The van der Waals surface area contributed by atoms with Gasteiger partial charge in [-0.15, -0.1) is 22.7 Å². The summed E-state index contributed by atoms with van der Waals surface area (Å²) < 4.78 is 7.49. The normalized spacial score (nSPS) is 14.6. The monoisotopic (exact) mass is 464 g/mol. The smallest absolute Gasteiger partial charge is 0.197 e. The Labute approximate surface area is 192 Å². The van der Waals surface area contributed by atoms with Gasteiger partial charge in [0, 0.05) is 35.3 Å². The van der Waals surface area contributed by atoms with E-state index in [1.807, 2.05) is 37.3 Å². The molecule has 0 saturated heterocycles. The van der Waals surface area contributed by atoms with Crippen LogP contribution in [0.25, 0.3) is 25.9 Å². The van der Waals surface area contributed by atoms with Crippen molar-refractivity contribution in [1.82, 2.24) is 0 Å². The number of methoxy groups -OCH3 is 1. The van der Waals surface area contributed by atoms with E-state index in [0.717, 1.165) is 31.2 Å². The predicted octanol–water partition coefficient (Wildman–Crippen LogP) is 7.32. The molecule has 0 radical (unpaired) electrons. The van der Waals surface area contributed by atoms with Crippen LogP contribution in [0.4, 0.5) is 0 Å². The number of hydrogen-bond donors (Lipinski definition) is 0. The summed E-state index contributed by atoms with van der Waals surface area (Å²) in [6, 6.07) is 15.6. The second-order valence-corrected chi connectivity index (χ2v) is 9.88. The number of hydrogen-bond acceptors (Lipinski definition) is 5. The topological polar surface area (TPSA) is 43.4 Å². The summed E-state index contributed by atoms with van der Waals surface area (Å²) in [7, 11) is 1.65. The van der Waals surface area contributed by atoms with Gasteiger partial charge in [0.05, 0.1) is 12.7 Å². The molecule has 0 fully saturated rings. The van der Waals surface area contributed by atoms with E-state index >= 15 is 0 Å². The summed E-state index contributed by atoms with van der Waals surface area (Å²) in [6.45, 7) is 1.98. The van der Waals surface area contributed by atoms with Crippen molar-refractivity contribution in [3.63, 3.8) is 0 Å². The first-order valence-electron chi connectivity index (χ1n) is 9.79. The Balaban J connectivity index is 1.48. The highest BCUT2D eigenvalue weighted by atomic mass is 35.5. The molecule has 1 aliphatic carbocycles. The molecule has 4 aromatic rings. The van der Waals surface area contributed by atoms with Gasteiger partial charge in [0.15, 0.2) is 11.6 Å². The van der Waals surface area contributed by atoms with Crippen LogP contribution in [0.5, 0.6) is 5.75 Å². The van der Waals surface area contributed by atoms with Crippen LogP contribution < -0.4 is 4.74 Å². The number of ketones is 2. The largest absolute Gasteiger partial charge is 0.497 e. The standard InChI is InChI=1S/C25H17ClO3S2/c1-3-13-8-17-18(11-20(13)26)25(28)19(24(17)27)9-16-10-22-23(30-16)12-21(31-22)14-4-6-15(29-2)7-5-14/h4-12H,3H2,1-2H3/b19-9+. The Morgan fingerprint density at radius 3 is 2.26 bits per heavy atom. The molecule has 6 heteroatoms. The van der Waals surface area contributed by atoms with E-state index in [2.05, 4.69) is 6.07 Å². The number of rotatable bonds is 4. The molecule has 2 aromatic carbocycles. The number of benzene rings is 2. The molecule has 2 aromatic heterocycles. The van der Waals surface area contributed by atoms with E-state index in [0.29, 0.717) is 22.6 Å². The number of thiophene rings is 2. The summed E-state index contributed by atoms with van der Waals surface area (Å²) >= 11 is 9.53. The second-order valence-electron chi connectivity index (χ2n) is 7.28. The SMILES string of the molecule is CCc1cc2c(cc1Cl)C(=O)/C(=C/c1cc3sc(-c4ccc(OC)cc4)cc3s1)C2=O. The van der Waals surface area contributed by atoms with Crippen LogP contribution >= 0.6 is 34.3 Å². The summed E-state index contributed by atoms with van der Waals surface area (Å²) in [5.74, 6) is 0.359. The van der Waals surface area contributed by atoms with Gasteiger partial charge in [-0.1, -0.05) is 18.5 Å². The highest BCUT2D eigenvalue weighted by molar-refractivity contribution is 7.29. The van der Waals surface area contributed by atoms with Gasteiger partial charge < -0.3 is 4.74 Å². The van der Waals surface area contributed by atoms with E-state index < -0.39 is 0 Å². The van der Waals surface area contributed by atoms with Crippen LogP contribution in [0.15, 0.2) is 54.1 Å². The van der Waals surface area contributed by atoms with Crippen molar-refractivity contribution in [2.45, 2.75) is 13.3 Å². The highest BCUT2D eigenvalue weighted by Crippen LogP contribution is 2.40. The number of carbonyl (C=O) groups is 2. The average molecular weight is 465 g/mol. The van der Waals surface area contributed by atoms with Gasteiger partial charge in [0.1, 0.15) is 5.75 Å². The molecule has 5 rings (SSSR count). The van der Waals surface area contributed by atoms with E-state index in [9.17, 15) is 9.59 Å². The minimum Gasteiger partial charge on any atom is -0.497 e. The van der Waals surface area contributed by atoms with Gasteiger partial charge in [-0.05, 0) is 72.2 Å². The fourth-order valence-electron chi connectivity index (χ4n) is 3.75. The number of allylic oxidation sites excluding steroid dienone is 1. The predicted molar refractivity (Wildman–Crippen MR) is 129 cm³/mol. The molecule has 0 saturated carbocycles. The third-order valence-corrected chi connectivity index (χ3v) is 8.07. The van der Waals surface area contributed by atoms with E-state index in [1.54, 1.807) is 48.0 Å². The molecule has 1 aliphatic rings. The van der Waals surface area contributed by atoms with Crippen LogP contribution in [-0.2, 0) is 6.42 Å². The first-order valence-corrected chi connectivity index (χ1v) is 11.8. The Kier molecular flexibility index (Phi) is 5.05. The van der Waals surface area contributed by atoms with Crippen LogP contribution in [-0.4, -0.2) is 18.7 Å². The number of halogens is 1. The average Bonchev–Trinajstić information content (AvgIpc) is 3.41. The van der Waals surface area contributed by atoms with Crippen LogP contribution in [0.2, 0.25) is 5.02 Å². The van der Waals surface area contributed by atoms with Crippen LogP contribution in [0, 0.1) is 0 Å². The van der Waals surface area contributed by atoms with Crippen molar-refractivity contribution in [1.29, 1.82) is 0 Å². The fraction of sp³-hybridized carbons (Fsp3) is 0.120. The lowest BCUT2D eigenvalue weighted by Crippen LogP contribution is -1.99. The minimum atomic E-state index is -0.250. The summed E-state index contributed by atoms with van der Waals surface area (Å²) in [5.41, 5.74) is 3.08. The molecule has 3 nitrogen and oxygen atoms in total. The molecule has 31 heavy (non-hydrogen) atoms. The molecular formula is C25H17ClO3S2. The second kappa shape index (κ2) is 7.75. The number of Topliss-reactive ketones (excluding diaryl/α,β-unsaturated/α-hetero) is 2. The first-order chi connectivity index (χ1) is 15.0. The molecule has 0 unspecified atom stereocenters. The quantitative estimate of drug-likeness (QED) is 0.235. The van der Waals surface area contributed by atoms with Crippen molar-refractivity contribution in [2.75, 3.05) is 7.11 Å².